The molecule has 5 heteroatoms. The SMILES string of the molecule is C=C[C@@H]1c2ccc(Cl)nc2CCN1C(=O)OC. The number of pyridine rings is 1. The van der Waals surface area contributed by atoms with Gasteiger partial charge in [-0.25, -0.2) is 9.78 Å². The minimum atomic E-state index is -0.351. The van der Waals surface area contributed by atoms with Crippen LogP contribution in [0.2, 0.25) is 5.15 Å². The van der Waals surface area contributed by atoms with E-state index in [0.717, 1.165) is 11.3 Å². The Balaban J connectivity index is 2.39. The second-order valence-electron chi connectivity index (χ2n) is 3.76. The third kappa shape index (κ3) is 2.13. The van der Waals surface area contributed by atoms with Gasteiger partial charge in [-0.3, -0.25) is 4.90 Å². The Morgan fingerprint density at radius 2 is 2.47 bits per heavy atom. The molecule has 1 aliphatic rings. The first-order chi connectivity index (χ1) is 8.17. The first-order valence-corrected chi connectivity index (χ1v) is 5.67. The van der Waals surface area contributed by atoms with Gasteiger partial charge < -0.3 is 4.74 Å². The van der Waals surface area contributed by atoms with Crippen molar-refractivity contribution in [3.63, 3.8) is 0 Å². The lowest BCUT2D eigenvalue weighted by Crippen LogP contribution is -2.39. The van der Waals surface area contributed by atoms with Crippen LogP contribution in [-0.2, 0) is 11.2 Å². The van der Waals surface area contributed by atoms with E-state index in [1.54, 1.807) is 17.0 Å². The van der Waals surface area contributed by atoms with Crippen molar-refractivity contribution in [2.45, 2.75) is 12.5 Å². The Hall–Kier alpha value is -1.55. The summed E-state index contributed by atoms with van der Waals surface area (Å²) in [4.78, 5) is 17.5. The van der Waals surface area contributed by atoms with Gasteiger partial charge in [-0.1, -0.05) is 23.7 Å². The number of ether oxygens (including phenoxy) is 1. The normalized spacial score (nSPS) is 18.5. The number of aromatic nitrogens is 1. The molecule has 0 unspecified atom stereocenters. The number of carbonyl (C=O) groups excluding carboxylic acids is 1. The van der Waals surface area contributed by atoms with Crippen molar-refractivity contribution < 1.29 is 9.53 Å². The maximum absolute atomic E-state index is 11.6. The van der Waals surface area contributed by atoms with E-state index in [0.29, 0.717) is 18.1 Å². The van der Waals surface area contributed by atoms with Crippen molar-refractivity contribution in [2.75, 3.05) is 13.7 Å². The van der Waals surface area contributed by atoms with Crippen LogP contribution in [0.3, 0.4) is 0 Å². The molecule has 4 nitrogen and oxygen atoms in total. The lowest BCUT2D eigenvalue weighted by atomic mass is 9.97. The van der Waals surface area contributed by atoms with Crippen LogP contribution in [0.5, 0.6) is 0 Å². The zero-order valence-corrected chi connectivity index (χ0v) is 10.3. The smallest absolute Gasteiger partial charge is 0.410 e. The summed E-state index contributed by atoms with van der Waals surface area (Å²) in [5, 5.41) is 0.470. The first kappa shape index (κ1) is 11.9. The number of methoxy groups -OCH3 is 1. The molecule has 2 heterocycles. The average molecular weight is 253 g/mol. The zero-order valence-electron chi connectivity index (χ0n) is 9.52. The van der Waals surface area contributed by atoms with Crippen LogP contribution in [-0.4, -0.2) is 29.6 Å². The van der Waals surface area contributed by atoms with Crippen LogP contribution in [0, 0.1) is 0 Å². The molecule has 0 radical (unpaired) electrons. The maximum Gasteiger partial charge on any atom is 0.410 e. The summed E-state index contributed by atoms with van der Waals surface area (Å²) < 4.78 is 4.75. The molecule has 0 saturated carbocycles. The molecule has 0 aromatic carbocycles. The molecule has 0 spiro atoms. The van der Waals surface area contributed by atoms with E-state index >= 15 is 0 Å². The van der Waals surface area contributed by atoms with Gasteiger partial charge in [-0.15, -0.1) is 6.58 Å². The van der Waals surface area contributed by atoms with E-state index < -0.39 is 0 Å². The standard InChI is InChI=1S/C12H13ClN2O2/c1-3-10-8-4-5-11(13)14-9(8)6-7-15(10)12(16)17-2/h3-5,10H,1,6-7H2,2H3/t10-/m1/s1. The highest BCUT2D eigenvalue weighted by Gasteiger charge is 2.30. The number of fused-ring (bicyclic) bond motifs is 1. The van der Waals surface area contributed by atoms with Crippen molar-refractivity contribution in [1.29, 1.82) is 0 Å². The summed E-state index contributed by atoms with van der Waals surface area (Å²) in [6, 6.07) is 3.40. The van der Waals surface area contributed by atoms with Gasteiger partial charge >= 0.3 is 6.09 Å². The molecule has 17 heavy (non-hydrogen) atoms. The summed E-state index contributed by atoms with van der Waals surface area (Å²) in [6.07, 6.45) is 2.04. The van der Waals surface area contributed by atoms with Crippen LogP contribution < -0.4 is 0 Å². The minimum Gasteiger partial charge on any atom is -0.453 e. The number of amides is 1. The summed E-state index contributed by atoms with van der Waals surface area (Å²) in [5.74, 6) is 0. The van der Waals surface area contributed by atoms with Gasteiger partial charge in [0.25, 0.3) is 0 Å². The van der Waals surface area contributed by atoms with Crippen molar-refractivity contribution in [3.8, 4) is 0 Å². The second kappa shape index (κ2) is 4.75. The molecule has 1 aromatic heterocycles. The third-order valence-electron chi connectivity index (χ3n) is 2.85. The fraction of sp³-hybridized carbons (Fsp3) is 0.333. The molecule has 0 fully saturated rings. The van der Waals surface area contributed by atoms with E-state index in [4.69, 9.17) is 16.3 Å². The summed E-state index contributed by atoms with van der Waals surface area (Å²) in [6.45, 7) is 4.32. The quantitative estimate of drug-likeness (QED) is 0.570. The minimum absolute atomic E-state index is 0.198. The fourth-order valence-corrected chi connectivity index (χ4v) is 2.23. The van der Waals surface area contributed by atoms with E-state index in [2.05, 4.69) is 11.6 Å². The lowest BCUT2D eigenvalue weighted by Gasteiger charge is -2.33. The Morgan fingerprint density at radius 1 is 1.71 bits per heavy atom. The molecule has 1 aromatic rings. The van der Waals surface area contributed by atoms with Crippen LogP contribution in [0.4, 0.5) is 4.79 Å². The molecule has 1 aliphatic heterocycles. The largest absolute Gasteiger partial charge is 0.453 e. The highest BCUT2D eigenvalue weighted by molar-refractivity contribution is 6.29. The van der Waals surface area contributed by atoms with Gasteiger partial charge in [0.15, 0.2) is 0 Å². The monoisotopic (exact) mass is 252 g/mol. The molecule has 1 amide bonds. The Labute approximate surface area is 105 Å². The first-order valence-electron chi connectivity index (χ1n) is 5.30. The Bertz CT molecular complexity index is 462. The van der Waals surface area contributed by atoms with Crippen molar-refractivity contribution in [3.05, 3.63) is 41.2 Å². The molecular weight excluding hydrogens is 240 g/mol. The number of rotatable bonds is 1. The van der Waals surface area contributed by atoms with Crippen molar-refractivity contribution >= 4 is 17.7 Å². The molecule has 0 N–H and O–H groups in total. The second-order valence-corrected chi connectivity index (χ2v) is 4.15. The number of halogens is 1. The van der Waals surface area contributed by atoms with Gasteiger partial charge in [0.05, 0.1) is 13.2 Å². The van der Waals surface area contributed by atoms with Crippen LogP contribution in [0.25, 0.3) is 0 Å². The predicted molar refractivity (Wildman–Crippen MR) is 65.0 cm³/mol. The maximum atomic E-state index is 11.6. The lowest BCUT2D eigenvalue weighted by molar-refractivity contribution is 0.110. The molecule has 90 valence electrons. The van der Waals surface area contributed by atoms with Gasteiger partial charge in [0.1, 0.15) is 5.15 Å². The molecule has 0 aliphatic carbocycles. The van der Waals surface area contributed by atoms with Crippen LogP contribution in [0.15, 0.2) is 24.8 Å². The van der Waals surface area contributed by atoms with Crippen molar-refractivity contribution in [1.82, 2.24) is 9.88 Å². The van der Waals surface area contributed by atoms with E-state index in [1.165, 1.54) is 7.11 Å². The molecule has 2 rings (SSSR count). The fourth-order valence-electron chi connectivity index (χ4n) is 2.06. The predicted octanol–water partition coefficient (Wildman–Crippen LogP) is 2.59. The van der Waals surface area contributed by atoms with Gasteiger partial charge in [0, 0.05) is 24.2 Å². The average Bonchev–Trinajstić information content (AvgIpc) is 2.36. The third-order valence-corrected chi connectivity index (χ3v) is 3.06. The van der Waals surface area contributed by atoms with E-state index in [-0.39, 0.29) is 12.1 Å². The van der Waals surface area contributed by atoms with Gasteiger partial charge in [-0.2, -0.15) is 0 Å². The summed E-state index contributed by atoms with van der Waals surface area (Å²) in [7, 11) is 1.37. The van der Waals surface area contributed by atoms with Gasteiger partial charge in [0.2, 0.25) is 0 Å². The number of carbonyl (C=O) groups is 1. The van der Waals surface area contributed by atoms with Crippen molar-refractivity contribution in [2.24, 2.45) is 0 Å². The molecule has 1 atom stereocenters. The topological polar surface area (TPSA) is 42.4 Å². The highest BCUT2D eigenvalue weighted by atomic mass is 35.5. The highest BCUT2D eigenvalue weighted by Crippen LogP contribution is 2.30. The number of hydrogen-bond acceptors (Lipinski definition) is 3. The zero-order chi connectivity index (χ0) is 12.4. The Morgan fingerprint density at radius 3 is 3.12 bits per heavy atom. The van der Waals surface area contributed by atoms with E-state index in [1.807, 2.05) is 6.07 Å². The number of nitrogens with zero attached hydrogens (tertiary/aromatic N) is 2. The molecular formula is C12H13ClN2O2. The Kier molecular flexibility index (Phi) is 3.33. The summed E-state index contributed by atoms with van der Waals surface area (Å²) in [5.41, 5.74) is 1.88. The van der Waals surface area contributed by atoms with Gasteiger partial charge in [-0.05, 0) is 6.07 Å². The molecule has 0 bridgehead atoms. The molecule has 0 saturated heterocycles. The van der Waals surface area contributed by atoms with Crippen LogP contribution in [0.1, 0.15) is 17.3 Å². The van der Waals surface area contributed by atoms with E-state index in [9.17, 15) is 4.79 Å². The van der Waals surface area contributed by atoms with Crippen LogP contribution >= 0.6 is 11.6 Å². The number of hydrogen-bond donors (Lipinski definition) is 0. The summed E-state index contributed by atoms with van der Waals surface area (Å²) >= 11 is 5.85.